The fourth-order valence-electron chi connectivity index (χ4n) is 1.90. The van der Waals surface area contributed by atoms with E-state index in [0.29, 0.717) is 0 Å². The monoisotopic (exact) mass is 251 g/mol. The first-order valence-electron chi connectivity index (χ1n) is 6.48. The van der Waals surface area contributed by atoms with Gasteiger partial charge in [0.05, 0.1) is 19.8 Å². The molecule has 0 bridgehead atoms. The molecule has 0 spiro atoms. The highest BCUT2D eigenvalue weighted by Crippen LogP contribution is 2.30. The van der Waals surface area contributed by atoms with Crippen LogP contribution in [0, 0.1) is 0 Å². The maximum Gasteiger partial charge on any atom is 0.161 e. The molecule has 1 aliphatic heterocycles. The molecule has 100 valence electrons. The number of ether oxygens (including phenoxy) is 3. The molecule has 0 unspecified atom stereocenters. The van der Waals surface area contributed by atoms with Crippen LogP contribution in [0.1, 0.15) is 12.0 Å². The minimum Gasteiger partial charge on any atom is -0.490 e. The Hall–Kier alpha value is -1.26. The summed E-state index contributed by atoms with van der Waals surface area (Å²) in [5, 5.41) is 3.33. The zero-order valence-electron chi connectivity index (χ0n) is 10.9. The molecule has 2 rings (SSSR count). The lowest BCUT2D eigenvalue weighted by atomic mass is 10.1. The molecule has 0 atom stereocenters. The molecule has 0 amide bonds. The van der Waals surface area contributed by atoms with E-state index in [0.717, 1.165) is 57.3 Å². The molecule has 18 heavy (non-hydrogen) atoms. The van der Waals surface area contributed by atoms with E-state index in [-0.39, 0.29) is 0 Å². The van der Waals surface area contributed by atoms with Crippen molar-refractivity contribution in [1.29, 1.82) is 0 Å². The van der Waals surface area contributed by atoms with Gasteiger partial charge in [-0.15, -0.1) is 0 Å². The smallest absolute Gasteiger partial charge is 0.161 e. The third-order valence-corrected chi connectivity index (χ3v) is 2.89. The van der Waals surface area contributed by atoms with E-state index >= 15 is 0 Å². The van der Waals surface area contributed by atoms with Crippen LogP contribution in [0.4, 0.5) is 0 Å². The fourth-order valence-corrected chi connectivity index (χ4v) is 1.90. The molecule has 4 nitrogen and oxygen atoms in total. The van der Waals surface area contributed by atoms with Gasteiger partial charge < -0.3 is 19.5 Å². The van der Waals surface area contributed by atoms with Crippen molar-refractivity contribution in [3.63, 3.8) is 0 Å². The molecule has 1 N–H and O–H groups in total. The van der Waals surface area contributed by atoms with E-state index in [1.54, 1.807) is 7.11 Å². The SMILES string of the molecule is COCCNCCc1ccc2c(c1)OCCCO2. The lowest BCUT2D eigenvalue weighted by molar-refractivity contribution is 0.199. The summed E-state index contributed by atoms with van der Waals surface area (Å²) >= 11 is 0. The third-order valence-electron chi connectivity index (χ3n) is 2.89. The molecule has 0 saturated carbocycles. The maximum absolute atomic E-state index is 5.67. The summed E-state index contributed by atoms with van der Waals surface area (Å²) in [5.74, 6) is 1.74. The van der Waals surface area contributed by atoms with Gasteiger partial charge in [0.2, 0.25) is 0 Å². The predicted molar refractivity (Wildman–Crippen MR) is 70.5 cm³/mol. The number of hydrogen-bond acceptors (Lipinski definition) is 4. The summed E-state index contributed by atoms with van der Waals surface area (Å²) in [5.41, 5.74) is 1.27. The minimum absolute atomic E-state index is 0.739. The van der Waals surface area contributed by atoms with Crippen molar-refractivity contribution in [2.24, 2.45) is 0 Å². The fraction of sp³-hybridized carbons (Fsp3) is 0.571. The molecule has 1 aromatic carbocycles. The molecule has 0 aromatic heterocycles. The van der Waals surface area contributed by atoms with Gasteiger partial charge >= 0.3 is 0 Å². The molecular weight excluding hydrogens is 230 g/mol. The predicted octanol–water partition coefficient (Wildman–Crippen LogP) is 1.63. The van der Waals surface area contributed by atoms with Gasteiger partial charge in [-0.25, -0.2) is 0 Å². The van der Waals surface area contributed by atoms with Gasteiger partial charge in [-0.05, 0) is 30.7 Å². The van der Waals surface area contributed by atoms with Gasteiger partial charge in [0.15, 0.2) is 11.5 Å². The largest absolute Gasteiger partial charge is 0.490 e. The standard InChI is InChI=1S/C14H21NO3/c1-16-10-7-15-6-5-12-3-4-13-14(11-12)18-9-2-8-17-13/h3-4,11,15H,2,5-10H2,1H3. The average molecular weight is 251 g/mol. The lowest BCUT2D eigenvalue weighted by Crippen LogP contribution is -2.21. The van der Waals surface area contributed by atoms with E-state index in [2.05, 4.69) is 17.4 Å². The van der Waals surface area contributed by atoms with E-state index in [9.17, 15) is 0 Å². The Bertz CT molecular complexity index is 368. The summed E-state index contributed by atoms with van der Waals surface area (Å²) in [6, 6.07) is 6.19. The Labute approximate surface area is 108 Å². The average Bonchev–Trinajstić information content (AvgIpc) is 2.63. The van der Waals surface area contributed by atoms with E-state index < -0.39 is 0 Å². The van der Waals surface area contributed by atoms with Gasteiger partial charge in [0, 0.05) is 20.1 Å². The first-order chi connectivity index (χ1) is 8.90. The van der Waals surface area contributed by atoms with Crippen molar-refractivity contribution in [3.05, 3.63) is 23.8 Å². The summed E-state index contributed by atoms with van der Waals surface area (Å²) in [7, 11) is 1.71. The molecule has 4 heteroatoms. The Kier molecular flexibility index (Phi) is 5.30. The second kappa shape index (κ2) is 7.24. The van der Waals surface area contributed by atoms with E-state index in [1.165, 1.54) is 5.56 Å². The van der Waals surface area contributed by atoms with Crippen LogP contribution in [-0.2, 0) is 11.2 Å². The van der Waals surface area contributed by atoms with Gasteiger partial charge in [-0.2, -0.15) is 0 Å². The van der Waals surface area contributed by atoms with Crippen LogP contribution in [0.25, 0.3) is 0 Å². The molecule has 1 aliphatic rings. The highest BCUT2D eigenvalue weighted by molar-refractivity contribution is 5.43. The van der Waals surface area contributed by atoms with Crippen LogP contribution >= 0.6 is 0 Å². The summed E-state index contributed by atoms with van der Waals surface area (Å²) in [4.78, 5) is 0. The van der Waals surface area contributed by atoms with Crippen molar-refractivity contribution >= 4 is 0 Å². The first-order valence-corrected chi connectivity index (χ1v) is 6.48. The molecule has 0 fully saturated rings. The lowest BCUT2D eigenvalue weighted by Gasteiger charge is -2.09. The van der Waals surface area contributed by atoms with Crippen LogP contribution in [-0.4, -0.2) is 40.0 Å². The second-order valence-electron chi connectivity index (χ2n) is 4.32. The topological polar surface area (TPSA) is 39.7 Å². The molecule has 1 aromatic rings. The van der Waals surface area contributed by atoms with E-state index in [4.69, 9.17) is 14.2 Å². The molecular formula is C14H21NO3. The van der Waals surface area contributed by atoms with Gasteiger partial charge in [-0.1, -0.05) is 6.07 Å². The normalized spacial score (nSPS) is 14.3. The van der Waals surface area contributed by atoms with Crippen LogP contribution in [0.3, 0.4) is 0 Å². The Morgan fingerprint density at radius 2 is 2.00 bits per heavy atom. The Morgan fingerprint density at radius 3 is 2.83 bits per heavy atom. The molecule has 0 saturated heterocycles. The maximum atomic E-state index is 5.67. The summed E-state index contributed by atoms with van der Waals surface area (Å²) in [6.45, 7) is 4.07. The summed E-state index contributed by atoms with van der Waals surface area (Å²) in [6.07, 6.45) is 1.93. The van der Waals surface area contributed by atoms with Gasteiger partial charge in [-0.3, -0.25) is 0 Å². The van der Waals surface area contributed by atoms with Crippen molar-refractivity contribution < 1.29 is 14.2 Å². The highest BCUT2D eigenvalue weighted by atomic mass is 16.5. The number of methoxy groups -OCH3 is 1. The van der Waals surface area contributed by atoms with Crippen molar-refractivity contribution in [2.45, 2.75) is 12.8 Å². The van der Waals surface area contributed by atoms with E-state index in [1.807, 2.05) is 6.07 Å². The van der Waals surface area contributed by atoms with Crippen LogP contribution in [0.5, 0.6) is 11.5 Å². The first kappa shape index (κ1) is 13.2. The number of fused-ring (bicyclic) bond motifs is 1. The van der Waals surface area contributed by atoms with Crippen LogP contribution in [0.2, 0.25) is 0 Å². The molecule has 0 aliphatic carbocycles. The number of benzene rings is 1. The zero-order valence-corrected chi connectivity index (χ0v) is 10.9. The Morgan fingerprint density at radius 1 is 1.17 bits per heavy atom. The van der Waals surface area contributed by atoms with Crippen molar-refractivity contribution in [3.8, 4) is 11.5 Å². The van der Waals surface area contributed by atoms with Crippen LogP contribution in [0.15, 0.2) is 18.2 Å². The Balaban J connectivity index is 1.84. The van der Waals surface area contributed by atoms with Crippen LogP contribution < -0.4 is 14.8 Å². The number of nitrogens with one attached hydrogen (secondary N) is 1. The number of hydrogen-bond donors (Lipinski definition) is 1. The minimum atomic E-state index is 0.739. The quantitative estimate of drug-likeness (QED) is 0.780. The van der Waals surface area contributed by atoms with Crippen molar-refractivity contribution in [2.75, 3.05) is 40.0 Å². The third kappa shape index (κ3) is 3.89. The zero-order chi connectivity index (χ0) is 12.6. The number of rotatable bonds is 6. The summed E-state index contributed by atoms with van der Waals surface area (Å²) < 4.78 is 16.3. The van der Waals surface area contributed by atoms with Gasteiger partial charge in [0.1, 0.15) is 0 Å². The molecule has 0 radical (unpaired) electrons. The highest BCUT2D eigenvalue weighted by Gasteiger charge is 2.10. The van der Waals surface area contributed by atoms with Crippen molar-refractivity contribution in [1.82, 2.24) is 5.32 Å². The van der Waals surface area contributed by atoms with Gasteiger partial charge in [0.25, 0.3) is 0 Å². The molecule has 1 heterocycles. The second-order valence-corrected chi connectivity index (χ2v) is 4.32.